The second-order valence-electron chi connectivity index (χ2n) is 11.1. The Bertz CT molecular complexity index is 1190. The van der Waals surface area contributed by atoms with Crippen molar-refractivity contribution in [3.8, 4) is 11.5 Å². The molecular formula is C28H33BrCl2N2O5. The number of rotatable bonds is 6. The fourth-order valence-corrected chi connectivity index (χ4v) is 5.65. The molecule has 2 amide bonds. The highest BCUT2D eigenvalue weighted by Gasteiger charge is 2.52. The predicted molar refractivity (Wildman–Crippen MR) is 151 cm³/mol. The summed E-state index contributed by atoms with van der Waals surface area (Å²) in [6.07, 6.45) is 2.22. The first-order valence-electron chi connectivity index (χ1n) is 12.7. The van der Waals surface area contributed by atoms with E-state index in [1.165, 1.54) is 0 Å². The summed E-state index contributed by atoms with van der Waals surface area (Å²) >= 11 is 15.6. The van der Waals surface area contributed by atoms with Crippen molar-refractivity contribution in [3.05, 3.63) is 56.5 Å². The van der Waals surface area contributed by atoms with E-state index in [4.69, 9.17) is 32.7 Å². The van der Waals surface area contributed by atoms with Gasteiger partial charge in [0.25, 0.3) is 0 Å². The molecule has 2 aromatic carbocycles. The largest absolute Gasteiger partial charge is 0.460 e. The molecule has 1 aliphatic heterocycles. The average Bonchev–Trinajstić information content (AvgIpc) is 2.82. The fraction of sp³-hybridized carbons (Fsp3) is 0.500. The number of nitrogens with one attached hydrogen (secondary N) is 1. The Hall–Kier alpha value is -2.00. The van der Waals surface area contributed by atoms with Crippen molar-refractivity contribution in [2.75, 3.05) is 13.1 Å². The molecule has 10 heteroatoms. The van der Waals surface area contributed by atoms with E-state index in [2.05, 4.69) is 21.2 Å². The van der Waals surface area contributed by atoms with E-state index in [0.717, 1.165) is 10.0 Å². The zero-order valence-electron chi connectivity index (χ0n) is 21.7. The van der Waals surface area contributed by atoms with Gasteiger partial charge in [-0.15, -0.1) is 0 Å². The van der Waals surface area contributed by atoms with Gasteiger partial charge in [-0.25, -0.2) is 4.79 Å². The van der Waals surface area contributed by atoms with Gasteiger partial charge in [-0.05, 0) is 76.6 Å². The first kappa shape index (κ1) is 29.0. The SMILES string of the molecule is CC(C)(C)OC(=O)C1CC(O)(C2CCN(C(=O)NCc3ccc(Br)cc3Oc3ccc(Cl)c(Cl)c3)CC2)C1. The van der Waals surface area contributed by atoms with Crippen molar-refractivity contribution in [1.82, 2.24) is 10.2 Å². The lowest BCUT2D eigenvalue weighted by atomic mass is 9.62. The highest BCUT2D eigenvalue weighted by Crippen LogP contribution is 2.47. The molecule has 2 aliphatic rings. The number of halogens is 3. The first-order chi connectivity index (χ1) is 17.8. The molecule has 0 spiro atoms. The topological polar surface area (TPSA) is 88.1 Å². The van der Waals surface area contributed by atoms with Crippen LogP contribution in [0.5, 0.6) is 11.5 Å². The second kappa shape index (κ2) is 11.6. The molecule has 0 radical (unpaired) electrons. The van der Waals surface area contributed by atoms with E-state index in [1.54, 1.807) is 23.1 Å². The van der Waals surface area contributed by atoms with Gasteiger partial charge < -0.3 is 24.8 Å². The Balaban J connectivity index is 1.28. The normalized spacial score (nSPS) is 22.0. The van der Waals surface area contributed by atoms with Gasteiger partial charge in [-0.3, -0.25) is 4.79 Å². The van der Waals surface area contributed by atoms with Crippen LogP contribution in [0.1, 0.15) is 52.0 Å². The van der Waals surface area contributed by atoms with E-state index in [9.17, 15) is 14.7 Å². The molecule has 0 atom stereocenters. The van der Waals surface area contributed by atoms with Gasteiger partial charge in [-0.1, -0.05) is 45.2 Å². The van der Waals surface area contributed by atoms with Crippen LogP contribution in [0.25, 0.3) is 0 Å². The number of hydrogen-bond donors (Lipinski definition) is 2. The number of piperidine rings is 1. The first-order valence-corrected chi connectivity index (χ1v) is 14.3. The summed E-state index contributed by atoms with van der Waals surface area (Å²) in [5, 5.41) is 14.9. The molecule has 1 aliphatic carbocycles. The number of carbonyl (C=O) groups is 2. The summed E-state index contributed by atoms with van der Waals surface area (Å²) in [6.45, 7) is 6.90. The number of urea groups is 1. The molecule has 7 nitrogen and oxygen atoms in total. The highest BCUT2D eigenvalue weighted by molar-refractivity contribution is 9.10. The van der Waals surface area contributed by atoms with Gasteiger partial charge >= 0.3 is 12.0 Å². The van der Waals surface area contributed by atoms with Gasteiger partial charge in [0.05, 0.1) is 21.6 Å². The van der Waals surface area contributed by atoms with Crippen LogP contribution in [0.4, 0.5) is 4.79 Å². The molecule has 1 heterocycles. The summed E-state index contributed by atoms with van der Waals surface area (Å²) in [5.74, 6) is 0.683. The number of benzene rings is 2. The lowest BCUT2D eigenvalue weighted by Gasteiger charge is -2.50. The van der Waals surface area contributed by atoms with Crippen molar-refractivity contribution in [1.29, 1.82) is 0 Å². The number of aliphatic hydroxyl groups is 1. The van der Waals surface area contributed by atoms with Crippen LogP contribution < -0.4 is 10.1 Å². The van der Waals surface area contributed by atoms with E-state index < -0.39 is 11.2 Å². The van der Waals surface area contributed by atoms with Crippen LogP contribution in [0.15, 0.2) is 40.9 Å². The van der Waals surface area contributed by atoms with Gasteiger partial charge in [0.1, 0.15) is 17.1 Å². The Labute approximate surface area is 241 Å². The number of ether oxygens (including phenoxy) is 2. The van der Waals surface area contributed by atoms with Crippen LogP contribution >= 0.6 is 39.1 Å². The molecule has 1 saturated carbocycles. The quantitative estimate of drug-likeness (QED) is 0.338. The standard InChI is InChI=1S/C28H33BrCl2N2O5/c1-27(2,3)38-25(34)18-14-28(36,15-18)19-8-10-33(11-9-19)26(35)32-16-17-4-5-20(29)12-24(17)37-21-6-7-22(30)23(31)13-21/h4-7,12-13,18-19,36H,8-11,14-16H2,1-3H3,(H,32,35). The van der Waals surface area contributed by atoms with E-state index in [0.29, 0.717) is 60.3 Å². The van der Waals surface area contributed by atoms with Crippen LogP contribution in [-0.2, 0) is 16.1 Å². The van der Waals surface area contributed by atoms with Crippen LogP contribution in [0, 0.1) is 11.8 Å². The number of likely N-dealkylation sites (tertiary alicyclic amines) is 1. The minimum atomic E-state index is -0.863. The minimum absolute atomic E-state index is 0.0583. The maximum Gasteiger partial charge on any atom is 0.317 e. The molecule has 0 aromatic heterocycles. The van der Waals surface area contributed by atoms with Crippen molar-refractivity contribution in [2.45, 2.75) is 64.2 Å². The second-order valence-corrected chi connectivity index (χ2v) is 12.8. The van der Waals surface area contributed by atoms with Gasteiger partial charge in [-0.2, -0.15) is 0 Å². The van der Waals surface area contributed by atoms with Crippen molar-refractivity contribution in [3.63, 3.8) is 0 Å². The Morgan fingerprint density at radius 2 is 1.79 bits per heavy atom. The van der Waals surface area contributed by atoms with Crippen molar-refractivity contribution < 1.29 is 24.2 Å². The molecule has 1 saturated heterocycles. The Morgan fingerprint density at radius 1 is 1.11 bits per heavy atom. The van der Waals surface area contributed by atoms with Crippen molar-refractivity contribution in [2.24, 2.45) is 11.8 Å². The molecule has 2 fully saturated rings. The zero-order chi connectivity index (χ0) is 27.7. The van der Waals surface area contributed by atoms with Gasteiger partial charge in [0.15, 0.2) is 0 Å². The number of esters is 1. The Kier molecular flexibility index (Phi) is 8.87. The summed E-state index contributed by atoms with van der Waals surface area (Å²) in [7, 11) is 0. The Morgan fingerprint density at radius 3 is 2.42 bits per heavy atom. The lowest BCUT2D eigenvalue weighted by Crippen LogP contribution is -2.56. The number of hydrogen-bond acceptors (Lipinski definition) is 5. The third-order valence-electron chi connectivity index (χ3n) is 7.06. The summed E-state index contributed by atoms with van der Waals surface area (Å²) in [6, 6.07) is 10.5. The molecule has 2 N–H and O–H groups in total. The summed E-state index contributed by atoms with van der Waals surface area (Å²) in [4.78, 5) is 27.0. The molecule has 0 bridgehead atoms. The van der Waals surface area contributed by atoms with E-state index in [-0.39, 0.29) is 30.4 Å². The summed E-state index contributed by atoms with van der Waals surface area (Å²) < 4.78 is 12.3. The maximum absolute atomic E-state index is 12.9. The molecule has 2 aromatic rings. The minimum Gasteiger partial charge on any atom is -0.460 e. The van der Waals surface area contributed by atoms with Crippen LogP contribution in [0.2, 0.25) is 10.0 Å². The molecule has 38 heavy (non-hydrogen) atoms. The third kappa shape index (κ3) is 7.14. The van der Waals surface area contributed by atoms with E-state index >= 15 is 0 Å². The fourth-order valence-electron chi connectivity index (χ4n) is 5.02. The van der Waals surface area contributed by atoms with E-state index in [1.807, 2.05) is 39.0 Å². The van der Waals surface area contributed by atoms with Gasteiger partial charge in [0, 0.05) is 35.7 Å². The highest BCUT2D eigenvalue weighted by atomic mass is 79.9. The van der Waals surface area contributed by atoms with Crippen LogP contribution in [-0.4, -0.2) is 46.3 Å². The average molecular weight is 628 g/mol. The van der Waals surface area contributed by atoms with Crippen LogP contribution in [0.3, 0.4) is 0 Å². The smallest absolute Gasteiger partial charge is 0.317 e. The lowest BCUT2D eigenvalue weighted by molar-refractivity contribution is -0.184. The zero-order valence-corrected chi connectivity index (χ0v) is 24.8. The van der Waals surface area contributed by atoms with Crippen molar-refractivity contribution >= 4 is 51.1 Å². The number of amides is 2. The number of carbonyl (C=O) groups excluding carboxylic acids is 2. The molecule has 0 unspecified atom stereocenters. The van der Waals surface area contributed by atoms with Gasteiger partial charge in [0.2, 0.25) is 0 Å². The predicted octanol–water partition coefficient (Wildman–Crippen LogP) is 6.95. The number of nitrogens with zero attached hydrogens (tertiary/aromatic N) is 1. The monoisotopic (exact) mass is 626 g/mol. The molecule has 4 rings (SSSR count). The maximum atomic E-state index is 12.9. The summed E-state index contributed by atoms with van der Waals surface area (Å²) in [5.41, 5.74) is -0.589. The third-order valence-corrected chi connectivity index (χ3v) is 8.29. The molecule has 206 valence electrons. The molecular weight excluding hydrogens is 595 g/mol.